The largest absolute Gasteiger partial charge is 0.491 e. The number of benzene rings is 2. The Morgan fingerprint density at radius 3 is 2.17 bits per heavy atom. The Kier molecular flexibility index (Phi) is 9.31. The smallest absolute Gasteiger partial charge is 0.200 e. The lowest BCUT2D eigenvalue weighted by Gasteiger charge is -2.32. The number of rotatable bonds is 9. The molecule has 0 atom stereocenters. The van der Waals surface area contributed by atoms with Crippen LogP contribution in [-0.4, -0.2) is 26.0 Å². The van der Waals surface area contributed by atoms with Gasteiger partial charge >= 0.3 is 0 Å². The number of alkyl halides is 1. The standard InChI is InChI=1S/C30H37F3O2/c1-2-34-28-18-17-27(29(32)30(28)33)25-13-15-26(16-14-25)35-20-22-7-11-24(12-8-22)23-9-5-21(6-10-23)4-3-19-31/h3-6,9-10,17-18,22,24-26H,2,7-8,11-16,19-20H2,1H3. The van der Waals surface area contributed by atoms with Gasteiger partial charge in [-0.1, -0.05) is 42.5 Å². The van der Waals surface area contributed by atoms with E-state index in [1.807, 2.05) is 6.08 Å². The molecule has 0 bridgehead atoms. The van der Waals surface area contributed by atoms with Gasteiger partial charge in [0.25, 0.3) is 0 Å². The molecule has 0 aliphatic heterocycles. The van der Waals surface area contributed by atoms with Crippen LogP contribution in [0.5, 0.6) is 5.75 Å². The maximum atomic E-state index is 14.6. The predicted octanol–water partition coefficient (Wildman–Crippen LogP) is 8.36. The molecule has 0 amide bonds. The summed E-state index contributed by atoms with van der Waals surface area (Å²) in [6, 6.07) is 11.7. The highest BCUT2D eigenvalue weighted by Crippen LogP contribution is 2.39. The Bertz CT molecular complexity index is 956. The summed E-state index contributed by atoms with van der Waals surface area (Å²) in [5.74, 6) is -0.429. The van der Waals surface area contributed by atoms with Gasteiger partial charge in [-0.25, -0.2) is 8.78 Å². The van der Waals surface area contributed by atoms with E-state index in [4.69, 9.17) is 9.47 Å². The van der Waals surface area contributed by atoms with Crippen LogP contribution >= 0.6 is 0 Å². The number of hydrogen-bond acceptors (Lipinski definition) is 2. The monoisotopic (exact) mass is 486 g/mol. The molecule has 2 nitrogen and oxygen atoms in total. The van der Waals surface area contributed by atoms with Crippen LogP contribution in [0.15, 0.2) is 42.5 Å². The number of allylic oxidation sites excluding steroid dienone is 1. The zero-order valence-electron chi connectivity index (χ0n) is 20.7. The molecule has 0 saturated heterocycles. The summed E-state index contributed by atoms with van der Waals surface area (Å²) in [6.07, 6.45) is 11.6. The summed E-state index contributed by atoms with van der Waals surface area (Å²) in [4.78, 5) is 0. The van der Waals surface area contributed by atoms with Crippen molar-refractivity contribution in [3.63, 3.8) is 0 Å². The van der Waals surface area contributed by atoms with Crippen molar-refractivity contribution in [2.45, 2.75) is 76.2 Å². The van der Waals surface area contributed by atoms with Crippen LogP contribution in [-0.2, 0) is 4.74 Å². The normalized spacial score (nSPS) is 25.1. The minimum atomic E-state index is -0.872. The maximum absolute atomic E-state index is 14.6. The fourth-order valence-electron chi connectivity index (χ4n) is 5.66. The van der Waals surface area contributed by atoms with Crippen LogP contribution in [0.25, 0.3) is 6.08 Å². The average molecular weight is 487 g/mol. The minimum absolute atomic E-state index is 0.0109. The van der Waals surface area contributed by atoms with Crippen molar-refractivity contribution in [1.82, 2.24) is 0 Å². The molecular weight excluding hydrogens is 449 g/mol. The number of halogens is 3. The summed E-state index contributed by atoms with van der Waals surface area (Å²) in [5.41, 5.74) is 2.88. The molecule has 2 aliphatic rings. The molecule has 0 unspecified atom stereocenters. The first-order chi connectivity index (χ1) is 17.1. The van der Waals surface area contributed by atoms with Gasteiger partial charge in [0.15, 0.2) is 11.6 Å². The second-order valence-electron chi connectivity index (χ2n) is 9.96. The molecule has 0 radical (unpaired) electrons. The fourth-order valence-corrected chi connectivity index (χ4v) is 5.66. The van der Waals surface area contributed by atoms with Crippen molar-refractivity contribution < 1.29 is 22.6 Å². The van der Waals surface area contributed by atoms with E-state index in [0.29, 0.717) is 24.0 Å². The van der Waals surface area contributed by atoms with Crippen molar-refractivity contribution >= 4 is 6.08 Å². The van der Waals surface area contributed by atoms with Crippen LogP contribution in [0, 0.1) is 17.6 Å². The molecule has 2 aromatic rings. The van der Waals surface area contributed by atoms with Gasteiger partial charge in [-0.3, -0.25) is 0 Å². The van der Waals surface area contributed by atoms with Gasteiger partial charge in [0.2, 0.25) is 5.82 Å². The van der Waals surface area contributed by atoms with E-state index in [1.54, 1.807) is 19.1 Å². The Morgan fingerprint density at radius 2 is 1.51 bits per heavy atom. The quantitative estimate of drug-likeness (QED) is 0.354. The lowest BCUT2D eigenvalue weighted by molar-refractivity contribution is -0.00289. The lowest BCUT2D eigenvalue weighted by atomic mass is 9.78. The Morgan fingerprint density at radius 1 is 0.829 bits per heavy atom. The molecule has 2 saturated carbocycles. The van der Waals surface area contributed by atoms with Crippen molar-refractivity contribution in [1.29, 1.82) is 0 Å². The third-order valence-corrected chi connectivity index (χ3v) is 7.71. The van der Waals surface area contributed by atoms with Crippen LogP contribution in [0.2, 0.25) is 0 Å². The highest BCUT2D eigenvalue weighted by Gasteiger charge is 2.28. The third kappa shape index (κ3) is 6.69. The predicted molar refractivity (Wildman–Crippen MR) is 135 cm³/mol. The Hall–Kier alpha value is -2.27. The first-order valence-corrected chi connectivity index (χ1v) is 13.1. The molecule has 190 valence electrons. The highest BCUT2D eigenvalue weighted by atomic mass is 19.2. The molecule has 4 rings (SSSR count). The second-order valence-corrected chi connectivity index (χ2v) is 9.96. The fraction of sp³-hybridized carbons (Fsp3) is 0.533. The third-order valence-electron chi connectivity index (χ3n) is 7.71. The molecule has 5 heteroatoms. The van der Waals surface area contributed by atoms with Crippen molar-refractivity contribution in [2.75, 3.05) is 19.9 Å². The van der Waals surface area contributed by atoms with Crippen LogP contribution < -0.4 is 4.74 Å². The van der Waals surface area contributed by atoms with Gasteiger partial charge in [-0.05, 0) is 98.8 Å². The molecule has 2 aliphatic carbocycles. The van der Waals surface area contributed by atoms with E-state index in [-0.39, 0.29) is 17.8 Å². The average Bonchev–Trinajstić information content (AvgIpc) is 2.90. The summed E-state index contributed by atoms with van der Waals surface area (Å²) in [5, 5.41) is 0. The highest BCUT2D eigenvalue weighted by molar-refractivity contribution is 5.50. The minimum Gasteiger partial charge on any atom is -0.491 e. The van der Waals surface area contributed by atoms with E-state index >= 15 is 0 Å². The van der Waals surface area contributed by atoms with Crippen LogP contribution in [0.1, 0.15) is 86.8 Å². The number of hydrogen-bond donors (Lipinski definition) is 0. The van der Waals surface area contributed by atoms with Gasteiger partial charge < -0.3 is 9.47 Å². The molecule has 2 fully saturated rings. The molecule has 0 spiro atoms. The first-order valence-electron chi connectivity index (χ1n) is 13.1. The molecule has 35 heavy (non-hydrogen) atoms. The van der Waals surface area contributed by atoms with E-state index < -0.39 is 18.3 Å². The van der Waals surface area contributed by atoms with E-state index in [9.17, 15) is 13.2 Å². The van der Waals surface area contributed by atoms with Gasteiger partial charge in [0, 0.05) is 6.61 Å². The van der Waals surface area contributed by atoms with Gasteiger partial charge in [0.05, 0.1) is 12.7 Å². The summed E-state index contributed by atoms with van der Waals surface area (Å²) in [7, 11) is 0. The van der Waals surface area contributed by atoms with Crippen molar-refractivity contribution in [3.05, 3.63) is 70.8 Å². The van der Waals surface area contributed by atoms with E-state index in [2.05, 4.69) is 24.3 Å². The van der Waals surface area contributed by atoms with Crippen LogP contribution in [0.3, 0.4) is 0 Å². The second kappa shape index (κ2) is 12.6. The van der Waals surface area contributed by atoms with E-state index in [0.717, 1.165) is 37.9 Å². The molecule has 0 N–H and O–H groups in total. The van der Waals surface area contributed by atoms with Gasteiger partial charge in [-0.15, -0.1) is 0 Å². The number of ether oxygens (including phenoxy) is 2. The lowest BCUT2D eigenvalue weighted by Crippen LogP contribution is -2.25. The maximum Gasteiger partial charge on any atom is 0.200 e. The first kappa shape index (κ1) is 25.8. The summed E-state index contributed by atoms with van der Waals surface area (Å²) in [6.45, 7) is 2.43. The Labute approximate surface area is 207 Å². The summed E-state index contributed by atoms with van der Waals surface area (Å²) < 4.78 is 52.6. The molecule has 2 aromatic carbocycles. The molecule has 0 heterocycles. The topological polar surface area (TPSA) is 18.5 Å². The SMILES string of the molecule is CCOc1ccc(C2CCC(OCC3CCC(c4ccc(C=CCF)cc4)CC3)CC2)c(F)c1F. The van der Waals surface area contributed by atoms with Crippen LogP contribution in [0.4, 0.5) is 13.2 Å². The molecular formula is C30H37F3O2. The Balaban J connectivity index is 1.19. The summed E-state index contributed by atoms with van der Waals surface area (Å²) >= 11 is 0. The van der Waals surface area contributed by atoms with Crippen molar-refractivity contribution in [2.24, 2.45) is 5.92 Å². The zero-order chi connectivity index (χ0) is 24.6. The molecule has 0 aromatic heterocycles. The van der Waals surface area contributed by atoms with Crippen molar-refractivity contribution in [3.8, 4) is 5.75 Å². The van der Waals surface area contributed by atoms with E-state index in [1.165, 1.54) is 37.3 Å². The zero-order valence-corrected chi connectivity index (χ0v) is 20.7. The van der Waals surface area contributed by atoms with Gasteiger partial charge in [-0.2, -0.15) is 4.39 Å². The van der Waals surface area contributed by atoms with Gasteiger partial charge in [0.1, 0.15) is 6.67 Å².